The van der Waals surface area contributed by atoms with E-state index in [2.05, 4.69) is 13.8 Å². The van der Waals surface area contributed by atoms with Gasteiger partial charge < -0.3 is 4.55 Å². The molecule has 0 spiro atoms. The number of unbranched alkanes of at least 4 members (excludes halogenated alkanes) is 2. The van der Waals surface area contributed by atoms with E-state index in [1.807, 2.05) is 27.7 Å². The van der Waals surface area contributed by atoms with Crippen LogP contribution in [-0.4, -0.2) is 24.1 Å². The maximum atomic E-state index is 11.6. The van der Waals surface area contributed by atoms with E-state index >= 15 is 0 Å². The van der Waals surface area contributed by atoms with Crippen LogP contribution in [0, 0.1) is 0 Å². The summed E-state index contributed by atoms with van der Waals surface area (Å²) in [6.07, 6.45) is 6.13. The molecule has 0 aromatic heterocycles. The quantitative estimate of drug-likeness (QED) is 0.597. The van der Waals surface area contributed by atoms with Crippen molar-refractivity contribution in [2.24, 2.45) is 0 Å². The van der Waals surface area contributed by atoms with E-state index in [1.165, 1.54) is 0 Å². The zero-order valence-electron chi connectivity index (χ0n) is 12.9. The van der Waals surface area contributed by atoms with Gasteiger partial charge in [-0.1, -0.05) is 39.5 Å². The van der Waals surface area contributed by atoms with E-state index < -0.39 is 11.3 Å². The second-order valence-corrected chi connectivity index (χ2v) is 7.14. The Morgan fingerprint density at radius 3 is 1.50 bits per heavy atom. The second-order valence-electron chi connectivity index (χ2n) is 6.34. The van der Waals surface area contributed by atoms with Crippen LogP contribution in [-0.2, 0) is 11.3 Å². The first kappa shape index (κ1) is 18.1. The van der Waals surface area contributed by atoms with Crippen LogP contribution >= 0.6 is 0 Å². The van der Waals surface area contributed by atoms with Crippen LogP contribution in [0.1, 0.15) is 80.1 Å². The van der Waals surface area contributed by atoms with Gasteiger partial charge in [0.05, 0.1) is 0 Å². The lowest BCUT2D eigenvalue weighted by molar-refractivity contribution is 0.0902. The molecule has 0 bridgehead atoms. The third-order valence-electron chi connectivity index (χ3n) is 3.53. The lowest BCUT2D eigenvalue weighted by Crippen LogP contribution is -2.56. The minimum absolute atomic E-state index is 0.306. The third kappa shape index (κ3) is 5.37. The van der Waals surface area contributed by atoms with E-state index in [0.29, 0.717) is 0 Å². The van der Waals surface area contributed by atoms with E-state index in [1.54, 1.807) is 4.31 Å². The highest BCUT2D eigenvalue weighted by Crippen LogP contribution is 2.33. The topological polar surface area (TPSA) is 43.4 Å². The van der Waals surface area contributed by atoms with Crippen molar-refractivity contribution in [1.82, 2.24) is 4.31 Å². The molecule has 1 atom stereocenters. The molecule has 3 nitrogen and oxygen atoms in total. The van der Waals surface area contributed by atoms with Gasteiger partial charge >= 0.3 is 0 Å². The van der Waals surface area contributed by atoms with Crippen LogP contribution in [0.5, 0.6) is 0 Å². The van der Waals surface area contributed by atoms with Crippen LogP contribution in [0.3, 0.4) is 0 Å². The van der Waals surface area contributed by atoms with E-state index in [-0.39, 0.29) is 11.1 Å². The fraction of sp³-hybridized carbons (Fsp3) is 1.00. The Morgan fingerprint density at radius 1 is 0.944 bits per heavy atom. The highest BCUT2D eigenvalue weighted by Gasteiger charge is 2.37. The lowest BCUT2D eigenvalue weighted by atomic mass is 9.89. The van der Waals surface area contributed by atoms with Gasteiger partial charge in [0.25, 0.3) is 0 Å². The van der Waals surface area contributed by atoms with Gasteiger partial charge in [0.15, 0.2) is 0 Å². The molecule has 1 unspecified atom stereocenters. The molecular formula is C14H30NO2S-. The first-order chi connectivity index (χ1) is 8.19. The number of rotatable bonds is 9. The molecule has 0 amide bonds. The minimum atomic E-state index is -2.17. The number of hydrogen-bond acceptors (Lipinski definition) is 2. The largest absolute Gasteiger partial charge is 0.760 e. The monoisotopic (exact) mass is 276 g/mol. The summed E-state index contributed by atoms with van der Waals surface area (Å²) in [6.45, 7) is 12.4. The van der Waals surface area contributed by atoms with Gasteiger partial charge in [-0.3, -0.25) is 4.21 Å². The molecule has 0 aromatic rings. The average molecular weight is 276 g/mol. The standard InChI is InChI=1S/C14H31NO2S/c1-7-9-11-13(3,4)15(18(16)17)14(5,6)12-10-8-2/h7-12H2,1-6H3,(H,16,17)/p-1. The van der Waals surface area contributed by atoms with Crippen molar-refractivity contribution in [3.63, 3.8) is 0 Å². The molecule has 0 aliphatic carbocycles. The zero-order valence-corrected chi connectivity index (χ0v) is 13.7. The first-order valence-corrected chi connectivity index (χ1v) is 8.12. The van der Waals surface area contributed by atoms with Gasteiger partial charge in [0.2, 0.25) is 0 Å². The van der Waals surface area contributed by atoms with Crippen molar-refractivity contribution < 1.29 is 8.76 Å². The highest BCUT2D eigenvalue weighted by atomic mass is 32.2. The Kier molecular flexibility index (Phi) is 7.64. The predicted molar refractivity (Wildman–Crippen MR) is 78.0 cm³/mol. The predicted octanol–water partition coefficient (Wildman–Crippen LogP) is 4.02. The van der Waals surface area contributed by atoms with Gasteiger partial charge in [0, 0.05) is 22.3 Å². The van der Waals surface area contributed by atoms with Gasteiger partial charge in [-0.05, 0) is 40.5 Å². The smallest absolute Gasteiger partial charge is 0.0275 e. The summed E-state index contributed by atoms with van der Waals surface area (Å²) < 4.78 is 25.0. The van der Waals surface area contributed by atoms with Crippen molar-refractivity contribution in [3.05, 3.63) is 0 Å². The molecule has 110 valence electrons. The van der Waals surface area contributed by atoms with Crippen molar-refractivity contribution in [2.75, 3.05) is 0 Å². The van der Waals surface area contributed by atoms with Gasteiger partial charge in [-0.15, -0.1) is 0 Å². The van der Waals surface area contributed by atoms with Crippen molar-refractivity contribution >= 4 is 11.3 Å². The lowest BCUT2D eigenvalue weighted by Gasteiger charge is -2.49. The molecular weight excluding hydrogens is 246 g/mol. The normalized spacial score (nSPS) is 15.1. The molecule has 0 fully saturated rings. The maximum Gasteiger partial charge on any atom is 0.0275 e. The van der Waals surface area contributed by atoms with Gasteiger partial charge in [0.1, 0.15) is 0 Å². The average Bonchev–Trinajstić information content (AvgIpc) is 2.22. The van der Waals surface area contributed by atoms with Crippen LogP contribution < -0.4 is 0 Å². The summed E-state index contributed by atoms with van der Waals surface area (Å²) in [5, 5.41) is 0. The minimum Gasteiger partial charge on any atom is -0.760 e. The zero-order chi connectivity index (χ0) is 14.4. The van der Waals surface area contributed by atoms with E-state index in [4.69, 9.17) is 0 Å². The van der Waals surface area contributed by atoms with Crippen LogP contribution in [0.4, 0.5) is 0 Å². The Morgan fingerprint density at radius 2 is 1.28 bits per heavy atom. The fourth-order valence-corrected chi connectivity index (χ4v) is 3.63. The van der Waals surface area contributed by atoms with E-state index in [9.17, 15) is 8.76 Å². The van der Waals surface area contributed by atoms with Gasteiger partial charge in [-0.25, -0.2) is 4.31 Å². The molecule has 0 N–H and O–H groups in total. The van der Waals surface area contributed by atoms with Crippen molar-refractivity contribution in [1.29, 1.82) is 0 Å². The Bertz CT molecular complexity index is 245. The van der Waals surface area contributed by atoms with Crippen molar-refractivity contribution in [2.45, 2.75) is 91.1 Å². The molecule has 0 aliphatic rings. The molecule has 0 heterocycles. The second kappa shape index (κ2) is 7.61. The summed E-state index contributed by atoms with van der Waals surface area (Å²) >= 11 is -2.17. The maximum absolute atomic E-state index is 11.6. The fourth-order valence-electron chi connectivity index (χ4n) is 2.64. The third-order valence-corrected chi connectivity index (χ3v) is 4.82. The van der Waals surface area contributed by atoms with Crippen LogP contribution in [0.15, 0.2) is 0 Å². The van der Waals surface area contributed by atoms with Crippen LogP contribution in [0.25, 0.3) is 0 Å². The Hall–Kier alpha value is 0.0700. The summed E-state index contributed by atoms with van der Waals surface area (Å²) in [7, 11) is 0. The summed E-state index contributed by atoms with van der Waals surface area (Å²) in [5.41, 5.74) is -0.611. The molecule has 0 aromatic carbocycles. The summed E-state index contributed by atoms with van der Waals surface area (Å²) in [5.74, 6) is 0. The molecule has 0 aliphatic heterocycles. The highest BCUT2D eigenvalue weighted by molar-refractivity contribution is 7.76. The molecule has 0 saturated carbocycles. The molecule has 0 saturated heterocycles. The molecule has 0 rings (SSSR count). The Labute approximate surface area is 116 Å². The van der Waals surface area contributed by atoms with Crippen LogP contribution in [0.2, 0.25) is 0 Å². The summed E-state index contributed by atoms with van der Waals surface area (Å²) in [4.78, 5) is 0. The number of nitrogens with zero attached hydrogens (tertiary/aromatic N) is 1. The summed E-state index contributed by atoms with van der Waals surface area (Å²) in [6, 6.07) is 0. The molecule has 18 heavy (non-hydrogen) atoms. The van der Waals surface area contributed by atoms with E-state index in [0.717, 1.165) is 38.5 Å². The SMILES string of the molecule is CCCCC(C)(C)N(S(=O)[O-])C(C)(C)CCCC. The molecule has 4 heteroatoms. The number of hydrogen-bond donors (Lipinski definition) is 0. The first-order valence-electron chi connectivity index (χ1n) is 7.08. The van der Waals surface area contributed by atoms with Crippen molar-refractivity contribution in [3.8, 4) is 0 Å². The molecule has 0 radical (unpaired) electrons. The van der Waals surface area contributed by atoms with Gasteiger partial charge in [-0.2, -0.15) is 0 Å². The Balaban J connectivity index is 4.98.